The molecule has 6 nitrogen and oxygen atoms in total. The summed E-state index contributed by atoms with van der Waals surface area (Å²) in [5.41, 5.74) is 2.01. The van der Waals surface area contributed by atoms with Gasteiger partial charge in [0, 0.05) is 18.3 Å². The first-order valence-corrected chi connectivity index (χ1v) is 9.10. The van der Waals surface area contributed by atoms with E-state index < -0.39 is 6.04 Å². The maximum Gasteiger partial charge on any atom is 0.257 e. The molecule has 2 N–H and O–H groups in total. The molecule has 0 fully saturated rings. The number of anilines is 1. The predicted molar refractivity (Wildman–Crippen MR) is 104 cm³/mol. The lowest BCUT2D eigenvalue weighted by atomic mass is 9.94. The molecule has 1 atom stereocenters. The van der Waals surface area contributed by atoms with Crippen molar-refractivity contribution < 1.29 is 13.7 Å². The summed E-state index contributed by atoms with van der Waals surface area (Å²) in [7, 11) is 0. The summed E-state index contributed by atoms with van der Waals surface area (Å²) in [6.45, 7) is 6.34. The summed E-state index contributed by atoms with van der Waals surface area (Å²) < 4.78 is 18.4. The van der Waals surface area contributed by atoms with Gasteiger partial charge in [-0.15, -0.1) is 0 Å². The lowest BCUT2D eigenvalue weighted by Gasteiger charge is -2.37. The van der Waals surface area contributed by atoms with Gasteiger partial charge in [0.2, 0.25) is 0 Å². The van der Waals surface area contributed by atoms with Gasteiger partial charge in [-0.25, -0.2) is 4.39 Å². The van der Waals surface area contributed by atoms with Gasteiger partial charge in [-0.3, -0.25) is 4.79 Å². The number of nitrogens with zero attached hydrogens (tertiary/aromatic N) is 2. The van der Waals surface area contributed by atoms with E-state index in [0.717, 1.165) is 17.7 Å². The number of hydrogen-bond donors (Lipinski definition) is 2. The van der Waals surface area contributed by atoms with Crippen molar-refractivity contribution in [2.75, 3.05) is 11.9 Å². The van der Waals surface area contributed by atoms with E-state index in [1.165, 1.54) is 12.1 Å². The van der Waals surface area contributed by atoms with Crippen molar-refractivity contribution in [2.24, 2.45) is 0 Å². The zero-order valence-electron chi connectivity index (χ0n) is 15.4. The number of benzene rings is 1. The van der Waals surface area contributed by atoms with Crippen LogP contribution in [-0.2, 0) is 4.79 Å². The van der Waals surface area contributed by atoms with Crippen molar-refractivity contribution in [1.82, 2.24) is 15.4 Å². The number of halogens is 1. The summed E-state index contributed by atoms with van der Waals surface area (Å²) in [5, 5.41) is 10.3. The Kier molecular flexibility index (Phi) is 5.55. The highest BCUT2D eigenvalue weighted by Crippen LogP contribution is 2.31. The predicted octanol–water partition coefficient (Wildman–Crippen LogP) is 3.68. The molecule has 0 unspecified atom stereocenters. The van der Waals surface area contributed by atoms with Gasteiger partial charge in [-0.05, 0) is 50.2 Å². The molecule has 1 aromatic heterocycles. The molecule has 8 heteroatoms. The van der Waals surface area contributed by atoms with E-state index in [1.807, 2.05) is 18.7 Å². The molecule has 1 aliphatic rings. The van der Waals surface area contributed by atoms with Crippen LogP contribution in [0.2, 0.25) is 0 Å². The van der Waals surface area contributed by atoms with E-state index in [4.69, 9.17) is 16.7 Å². The highest BCUT2D eigenvalue weighted by molar-refractivity contribution is 7.80. The molecule has 0 saturated heterocycles. The van der Waals surface area contributed by atoms with Crippen LogP contribution >= 0.6 is 12.2 Å². The number of nitrogens with one attached hydrogen (secondary N) is 2. The molecule has 0 bridgehead atoms. The molecular formula is C19H21FN4O2S. The van der Waals surface area contributed by atoms with Gasteiger partial charge in [0.1, 0.15) is 11.6 Å². The average Bonchev–Trinajstić information content (AvgIpc) is 3.03. The van der Waals surface area contributed by atoms with Crippen LogP contribution in [0.1, 0.15) is 37.6 Å². The molecule has 2 heterocycles. The number of hydrogen-bond acceptors (Lipinski definition) is 4. The van der Waals surface area contributed by atoms with Crippen LogP contribution in [0, 0.1) is 12.7 Å². The maximum absolute atomic E-state index is 13.4. The van der Waals surface area contributed by atoms with Gasteiger partial charge in [-0.1, -0.05) is 24.2 Å². The van der Waals surface area contributed by atoms with Crippen molar-refractivity contribution in [1.29, 1.82) is 0 Å². The summed E-state index contributed by atoms with van der Waals surface area (Å²) in [5.74, 6) is 0.285. The maximum atomic E-state index is 13.4. The first kappa shape index (κ1) is 19.0. The number of carbonyl (C=O) groups is 1. The second kappa shape index (κ2) is 7.87. The van der Waals surface area contributed by atoms with Gasteiger partial charge >= 0.3 is 0 Å². The number of allylic oxidation sites excluding steroid dienone is 1. The van der Waals surface area contributed by atoms with Crippen molar-refractivity contribution in [3.63, 3.8) is 0 Å². The summed E-state index contributed by atoms with van der Waals surface area (Å²) in [4.78, 5) is 15.0. The lowest BCUT2D eigenvalue weighted by molar-refractivity contribution is -0.113. The second-order valence-corrected chi connectivity index (χ2v) is 6.75. The number of amides is 1. The minimum Gasteiger partial charge on any atom is -0.360 e. The van der Waals surface area contributed by atoms with Gasteiger partial charge in [0.05, 0.1) is 11.6 Å². The standard InChI is InChI=1S/C19H21FN4O2S/c1-4-9-24-12(3)16(18(25)21-15-10-11(2)26-23-15)17(22-19(24)27)13-5-7-14(20)8-6-13/h5-8,10,17H,4,9H2,1-3H3,(H,22,27)(H,21,23,25)/t17-/m1/s1. The molecule has 3 rings (SSSR count). The number of rotatable bonds is 5. The zero-order valence-corrected chi connectivity index (χ0v) is 16.2. The van der Waals surface area contributed by atoms with Crippen LogP contribution in [0.25, 0.3) is 0 Å². The molecule has 1 amide bonds. The third-order valence-corrected chi connectivity index (χ3v) is 4.70. The van der Waals surface area contributed by atoms with Gasteiger partial charge in [0.25, 0.3) is 5.91 Å². The normalized spacial score (nSPS) is 17.1. The average molecular weight is 388 g/mol. The van der Waals surface area contributed by atoms with Crippen molar-refractivity contribution in [3.8, 4) is 0 Å². The van der Waals surface area contributed by atoms with Crippen molar-refractivity contribution >= 4 is 29.1 Å². The summed E-state index contributed by atoms with van der Waals surface area (Å²) >= 11 is 5.49. The molecule has 0 aliphatic carbocycles. The van der Waals surface area contributed by atoms with Crippen molar-refractivity contribution in [3.05, 3.63) is 58.7 Å². The highest BCUT2D eigenvalue weighted by Gasteiger charge is 2.33. The summed E-state index contributed by atoms with van der Waals surface area (Å²) in [6.07, 6.45) is 0.873. The molecule has 27 heavy (non-hydrogen) atoms. The zero-order chi connectivity index (χ0) is 19.6. The smallest absolute Gasteiger partial charge is 0.257 e. The molecular weight excluding hydrogens is 367 g/mol. The molecule has 1 aromatic carbocycles. The summed E-state index contributed by atoms with van der Waals surface area (Å²) in [6, 6.07) is 7.18. The SMILES string of the molecule is CCCN1C(=S)N[C@H](c2ccc(F)cc2)C(C(=O)Nc2cc(C)on2)=C1C. The Hall–Kier alpha value is -2.74. The van der Waals surface area contributed by atoms with Gasteiger partial charge in [0.15, 0.2) is 10.9 Å². The third-order valence-electron chi connectivity index (χ3n) is 4.36. The van der Waals surface area contributed by atoms with E-state index in [9.17, 15) is 9.18 Å². The fourth-order valence-electron chi connectivity index (χ4n) is 3.08. The highest BCUT2D eigenvalue weighted by atomic mass is 32.1. The first-order chi connectivity index (χ1) is 12.9. The van der Waals surface area contributed by atoms with Crippen LogP contribution < -0.4 is 10.6 Å². The molecule has 142 valence electrons. The van der Waals surface area contributed by atoms with E-state index in [-0.39, 0.29) is 11.7 Å². The van der Waals surface area contributed by atoms with E-state index in [0.29, 0.717) is 28.8 Å². The van der Waals surface area contributed by atoms with E-state index >= 15 is 0 Å². The Morgan fingerprint density at radius 2 is 2.07 bits per heavy atom. The first-order valence-electron chi connectivity index (χ1n) is 8.69. The third kappa shape index (κ3) is 4.00. The largest absolute Gasteiger partial charge is 0.360 e. The fraction of sp³-hybridized carbons (Fsp3) is 0.316. The van der Waals surface area contributed by atoms with E-state index in [2.05, 4.69) is 15.8 Å². The Morgan fingerprint density at radius 3 is 2.67 bits per heavy atom. The van der Waals surface area contributed by atoms with Crippen LogP contribution in [0.3, 0.4) is 0 Å². The van der Waals surface area contributed by atoms with Gasteiger partial charge in [-0.2, -0.15) is 0 Å². The Labute approximate surface area is 162 Å². The molecule has 0 saturated carbocycles. The lowest BCUT2D eigenvalue weighted by Crippen LogP contribution is -2.48. The van der Waals surface area contributed by atoms with Gasteiger partial charge < -0.3 is 20.1 Å². The topological polar surface area (TPSA) is 70.4 Å². The molecule has 1 aliphatic heterocycles. The Morgan fingerprint density at radius 1 is 1.37 bits per heavy atom. The monoisotopic (exact) mass is 388 g/mol. The molecule has 0 spiro atoms. The van der Waals surface area contributed by atoms with Crippen LogP contribution in [0.15, 0.2) is 46.1 Å². The minimum absolute atomic E-state index is 0.314. The van der Waals surface area contributed by atoms with Crippen LogP contribution in [-0.4, -0.2) is 27.6 Å². The van der Waals surface area contributed by atoms with E-state index in [1.54, 1.807) is 25.1 Å². The second-order valence-electron chi connectivity index (χ2n) is 6.36. The van der Waals surface area contributed by atoms with Crippen molar-refractivity contribution in [2.45, 2.75) is 33.2 Å². The number of aromatic nitrogens is 1. The number of aryl methyl sites for hydroxylation is 1. The van der Waals surface area contributed by atoms with Crippen LogP contribution in [0.5, 0.6) is 0 Å². The number of carbonyl (C=O) groups excluding carboxylic acids is 1. The Balaban J connectivity index is 2.01. The van der Waals surface area contributed by atoms with Crippen LogP contribution in [0.4, 0.5) is 10.2 Å². The number of thiocarbonyl (C=S) groups is 1. The molecule has 0 radical (unpaired) electrons. The quantitative estimate of drug-likeness (QED) is 0.762. The fourth-order valence-corrected chi connectivity index (χ4v) is 3.43. The molecule has 2 aromatic rings. The minimum atomic E-state index is -0.487. The Bertz CT molecular complexity index is 891.